The van der Waals surface area contributed by atoms with Crippen molar-refractivity contribution in [3.63, 3.8) is 0 Å². The molecule has 2 rings (SSSR count). The largest absolute Gasteiger partial charge is 0.375 e. The zero-order valence-corrected chi connectivity index (χ0v) is 13.7. The maximum atomic E-state index is 12.3. The maximum absolute atomic E-state index is 12.3. The second-order valence-electron chi connectivity index (χ2n) is 5.24. The van der Waals surface area contributed by atoms with Crippen molar-refractivity contribution in [1.82, 2.24) is 10.6 Å². The van der Waals surface area contributed by atoms with Gasteiger partial charge in [-0.15, -0.1) is 11.8 Å². The molecule has 1 aromatic rings. The van der Waals surface area contributed by atoms with E-state index in [9.17, 15) is 4.79 Å². The van der Waals surface area contributed by atoms with Gasteiger partial charge in [0.1, 0.15) is 6.04 Å². The fraction of sp³-hybridized carbons (Fsp3) is 0.562. The number of ether oxygens (including phenoxy) is 1. The van der Waals surface area contributed by atoms with Crippen molar-refractivity contribution in [2.24, 2.45) is 0 Å². The molecule has 1 aromatic carbocycles. The third-order valence-electron chi connectivity index (χ3n) is 3.65. The SMILES string of the molecule is CCSc1ccc(C(C)NC(=O)[C@H]2NCCO[C@@H]2C)cc1. The highest BCUT2D eigenvalue weighted by Gasteiger charge is 2.29. The summed E-state index contributed by atoms with van der Waals surface area (Å²) in [6, 6.07) is 8.10. The first kappa shape index (κ1) is 16.3. The molecule has 1 fully saturated rings. The lowest BCUT2D eigenvalue weighted by molar-refractivity contribution is -0.129. The third kappa shape index (κ3) is 4.46. The summed E-state index contributed by atoms with van der Waals surface area (Å²) in [4.78, 5) is 13.6. The van der Waals surface area contributed by atoms with Crippen molar-refractivity contribution < 1.29 is 9.53 Å². The minimum atomic E-state index is -0.267. The molecule has 0 radical (unpaired) electrons. The monoisotopic (exact) mass is 308 g/mol. The number of hydrogen-bond acceptors (Lipinski definition) is 4. The van der Waals surface area contributed by atoms with E-state index < -0.39 is 0 Å². The molecule has 1 aliphatic rings. The van der Waals surface area contributed by atoms with Crippen LogP contribution in [0.3, 0.4) is 0 Å². The van der Waals surface area contributed by atoms with Gasteiger partial charge >= 0.3 is 0 Å². The summed E-state index contributed by atoms with van der Waals surface area (Å²) < 4.78 is 5.52. The van der Waals surface area contributed by atoms with E-state index in [0.717, 1.165) is 17.9 Å². The Bertz CT molecular complexity index is 464. The highest BCUT2D eigenvalue weighted by molar-refractivity contribution is 7.99. The lowest BCUT2D eigenvalue weighted by Crippen LogP contribution is -2.55. The van der Waals surface area contributed by atoms with E-state index in [1.54, 1.807) is 0 Å². The highest BCUT2D eigenvalue weighted by atomic mass is 32.2. The first-order chi connectivity index (χ1) is 10.1. The second kappa shape index (κ2) is 7.82. The van der Waals surface area contributed by atoms with Crippen molar-refractivity contribution in [3.8, 4) is 0 Å². The van der Waals surface area contributed by atoms with E-state index in [2.05, 4.69) is 41.8 Å². The summed E-state index contributed by atoms with van der Waals surface area (Å²) in [6.45, 7) is 7.46. The summed E-state index contributed by atoms with van der Waals surface area (Å²) in [5.74, 6) is 1.07. The zero-order valence-electron chi connectivity index (χ0n) is 12.9. The van der Waals surface area contributed by atoms with Crippen LogP contribution in [0.4, 0.5) is 0 Å². The topological polar surface area (TPSA) is 50.4 Å². The molecule has 0 bridgehead atoms. The minimum absolute atomic E-state index is 0.00158. The van der Waals surface area contributed by atoms with Gasteiger partial charge in [-0.3, -0.25) is 4.79 Å². The van der Waals surface area contributed by atoms with Crippen LogP contribution in [-0.4, -0.2) is 37.0 Å². The van der Waals surface area contributed by atoms with E-state index in [0.29, 0.717) is 6.61 Å². The molecule has 1 amide bonds. The van der Waals surface area contributed by atoms with Crippen LogP contribution in [0, 0.1) is 0 Å². The number of carbonyl (C=O) groups excluding carboxylic acids is 1. The molecule has 0 aliphatic carbocycles. The summed E-state index contributed by atoms with van der Waals surface area (Å²) in [6.07, 6.45) is -0.0886. The summed E-state index contributed by atoms with van der Waals surface area (Å²) >= 11 is 1.82. The fourth-order valence-corrected chi connectivity index (χ4v) is 3.10. The summed E-state index contributed by atoms with van der Waals surface area (Å²) in [7, 11) is 0. The molecule has 5 heteroatoms. The zero-order chi connectivity index (χ0) is 15.2. The average Bonchev–Trinajstić information content (AvgIpc) is 2.48. The van der Waals surface area contributed by atoms with E-state index in [1.165, 1.54) is 4.90 Å². The van der Waals surface area contributed by atoms with Gasteiger partial charge in [-0.05, 0) is 37.3 Å². The van der Waals surface area contributed by atoms with Gasteiger partial charge in [-0.2, -0.15) is 0 Å². The molecule has 1 saturated heterocycles. The van der Waals surface area contributed by atoms with Crippen LogP contribution in [0.5, 0.6) is 0 Å². The molecule has 1 heterocycles. The Kier molecular flexibility index (Phi) is 6.08. The van der Waals surface area contributed by atoms with Crippen LogP contribution in [0.2, 0.25) is 0 Å². The Balaban J connectivity index is 1.93. The molecule has 3 atom stereocenters. The molecule has 0 aromatic heterocycles. The second-order valence-corrected chi connectivity index (χ2v) is 6.58. The van der Waals surface area contributed by atoms with Crippen molar-refractivity contribution in [2.45, 2.75) is 43.9 Å². The molecule has 4 nitrogen and oxygen atoms in total. The van der Waals surface area contributed by atoms with Gasteiger partial charge in [0.2, 0.25) is 5.91 Å². The first-order valence-corrected chi connectivity index (χ1v) is 8.48. The van der Waals surface area contributed by atoms with Gasteiger partial charge < -0.3 is 15.4 Å². The van der Waals surface area contributed by atoms with Crippen LogP contribution >= 0.6 is 11.8 Å². The number of nitrogens with one attached hydrogen (secondary N) is 2. The highest BCUT2D eigenvalue weighted by Crippen LogP contribution is 2.21. The molecule has 0 saturated carbocycles. The van der Waals surface area contributed by atoms with Gasteiger partial charge in [0.05, 0.1) is 18.8 Å². The molecule has 1 unspecified atom stereocenters. The minimum Gasteiger partial charge on any atom is -0.375 e. The predicted molar refractivity (Wildman–Crippen MR) is 86.6 cm³/mol. The molecular formula is C16H24N2O2S. The number of rotatable bonds is 5. The van der Waals surface area contributed by atoms with E-state index >= 15 is 0 Å². The molecule has 2 N–H and O–H groups in total. The quantitative estimate of drug-likeness (QED) is 0.820. The van der Waals surface area contributed by atoms with Crippen molar-refractivity contribution in [2.75, 3.05) is 18.9 Å². The summed E-state index contributed by atoms with van der Waals surface area (Å²) in [5.41, 5.74) is 1.12. The summed E-state index contributed by atoms with van der Waals surface area (Å²) in [5, 5.41) is 6.27. The number of carbonyl (C=O) groups is 1. The molecule has 0 spiro atoms. The third-order valence-corrected chi connectivity index (χ3v) is 4.54. The van der Waals surface area contributed by atoms with Crippen LogP contribution in [-0.2, 0) is 9.53 Å². The van der Waals surface area contributed by atoms with E-state index in [-0.39, 0.29) is 24.1 Å². The fourth-order valence-electron chi connectivity index (χ4n) is 2.43. The lowest BCUT2D eigenvalue weighted by atomic mass is 10.1. The van der Waals surface area contributed by atoms with Gasteiger partial charge in [-0.25, -0.2) is 0 Å². The maximum Gasteiger partial charge on any atom is 0.240 e. The number of benzene rings is 1. The Hall–Kier alpha value is -1.04. The number of amides is 1. The number of thioether (sulfide) groups is 1. The normalized spacial score (nSPS) is 23.6. The van der Waals surface area contributed by atoms with Gasteiger partial charge in [0.25, 0.3) is 0 Å². The van der Waals surface area contributed by atoms with Crippen molar-refractivity contribution >= 4 is 17.7 Å². The van der Waals surface area contributed by atoms with Crippen LogP contribution in [0.25, 0.3) is 0 Å². The Morgan fingerprint density at radius 3 is 2.81 bits per heavy atom. The molecular weight excluding hydrogens is 284 g/mol. The van der Waals surface area contributed by atoms with Gasteiger partial charge in [0.15, 0.2) is 0 Å². The number of hydrogen-bond donors (Lipinski definition) is 2. The van der Waals surface area contributed by atoms with Crippen LogP contribution in [0.1, 0.15) is 32.4 Å². The molecule has 116 valence electrons. The van der Waals surface area contributed by atoms with Crippen LogP contribution < -0.4 is 10.6 Å². The van der Waals surface area contributed by atoms with Crippen molar-refractivity contribution in [3.05, 3.63) is 29.8 Å². The molecule has 1 aliphatic heterocycles. The average molecular weight is 308 g/mol. The Morgan fingerprint density at radius 2 is 2.19 bits per heavy atom. The van der Waals surface area contributed by atoms with Gasteiger partial charge in [0, 0.05) is 11.4 Å². The predicted octanol–water partition coefficient (Wildman–Crippen LogP) is 2.35. The van der Waals surface area contributed by atoms with Gasteiger partial charge in [-0.1, -0.05) is 19.1 Å². The van der Waals surface area contributed by atoms with E-state index in [4.69, 9.17) is 4.74 Å². The first-order valence-electron chi connectivity index (χ1n) is 7.50. The smallest absolute Gasteiger partial charge is 0.240 e. The number of morpholine rings is 1. The standard InChI is InChI=1S/C16H24N2O2S/c1-4-21-14-7-5-13(6-8-14)11(2)18-16(19)15-12(3)20-10-9-17-15/h5-8,11-12,15,17H,4,9-10H2,1-3H3,(H,18,19)/t11?,12-,15+/m1/s1. The van der Waals surface area contributed by atoms with Crippen molar-refractivity contribution in [1.29, 1.82) is 0 Å². The lowest BCUT2D eigenvalue weighted by Gasteiger charge is -2.30. The van der Waals surface area contributed by atoms with Crippen LogP contribution in [0.15, 0.2) is 29.2 Å². The Labute approximate surface area is 131 Å². The molecule has 21 heavy (non-hydrogen) atoms. The Morgan fingerprint density at radius 1 is 1.48 bits per heavy atom. The van der Waals surface area contributed by atoms with E-state index in [1.807, 2.05) is 25.6 Å².